The minimum atomic E-state index is -0.0792. The van der Waals surface area contributed by atoms with Crippen LogP contribution in [0.15, 0.2) is 42.6 Å². The van der Waals surface area contributed by atoms with Gasteiger partial charge < -0.3 is 15.6 Å². The second-order valence-electron chi connectivity index (χ2n) is 5.13. The smallest absolute Gasteiger partial charge is 0.267 e. The molecule has 0 radical (unpaired) electrons. The standard InChI is InChI=1S/C16H21N3O/c1-12(13-6-4-3-5-7-13)8-9-18-16(20)15-10-14(17)11-19(15)2/h3-7,10-12H,8-9,17H2,1-2H3,(H,18,20). The summed E-state index contributed by atoms with van der Waals surface area (Å²) in [7, 11) is 1.82. The van der Waals surface area contributed by atoms with Crippen LogP contribution in [0, 0.1) is 0 Å². The molecule has 0 aliphatic rings. The van der Waals surface area contributed by atoms with Gasteiger partial charge in [-0.25, -0.2) is 0 Å². The number of nitrogen functional groups attached to an aromatic ring is 1. The van der Waals surface area contributed by atoms with Gasteiger partial charge >= 0.3 is 0 Å². The van der Waals surface area contributed by atoms with E-state index >= 15 is 0 Å². The predicted octanol–water partition coefficient (Wildman–Crippen LogP) is 2.53. The summed E-state index contributed by atoms with van der Waals surface area (Å²) in [6.07, 6.45) is 2.65. The van der Waals surface area contributed by atoms with Crippen LogP contribution in [-0.4, -0.2) is 17.0 Å². The van der Waals surface area contributed by atoms with Gasteiger partial charge in [0.1, 0.15) is 5.69 Å². The zero-order valence-electron chi connectivity index (χ0n) is 12.0. The van der Waals surface area contributed by atoms with Crippen molar-refractivity contribution in [3.63, 3.8) is 0 Å². The Kier molecular flexibility index (Phi) is 4.45. The molecule has 3 N–H and O–H groups in total. The van der Waals surface area contributed by atoms with Crippen molar-refractivity contribution in [2.45, 2.75) is 19.3 Å². The highest BCUT2D eigenvalue weighted by Crippen LogP contribution is 2.17. The Hall–Kier alpha value is -2.23. The van der Waals surface area contributed by atoms with E-state index in [0.29, 0.717) is 23.8 Å². The van der Waals surface area contributed by atoms with Gasteiger partial charge in [0.25, 0.3) is 5.91 Å². The molecule has 1 unspecified atom stereocenters. The van der Waals surface area contributed by atoms with Gasteiger partial charge in [0.05, 0.1) is 5.69 Å². The third kappa shape index (κ3) is 3.41. The molecule has 0 fully saturated rings. The number of carbonyl (C=O) groups is 1. The zero-order valence-corrected chi connectivity index (χ0v) is 12.0. The van der Waals surface area contributed by atoms with E-state index in [1.165, 1.54) is 5.56 Å². The number of carbonyl (C=O) groups excluding carboxylic acids is 1. The number of aromatic nitrogens is 1. The molecule has 0 bridgehead atoms. The molecule has 0 aliphatic heterocycles. The van der Waals surface area contributed by atoms with E-state index < -0.39 is 0 Å². The van der Waals surface area contributed by atoms with Crippen LogP contribution in [-0.2, 0) is 7.05 Å². The SMILES string of the molecule is CC(CCNC(=O)c1cc(N)cn1C)c1ccccc1. The van der Waals surface area contributed by atoms with Crippen LogP contribution in [0.25, 0.3) is 0 Å². The molecule has 4 nitrogen and oxygen atoms in total. The lowest BCUT2D eigenvalue weighted by atomic mass is 9.98. The summed E-state index contributed by atoms with van der Waals surface area (Å²) in [5.41, 5.74) is 8.16. The maximum absolute atomic E-state index is 12.0. The van der Waals surface area contributed by atoms with Gasteiger partial charge in [-0.05, 0) is 24.0 Å². The highest BCUT2D eigenvalue weighted by atomic mass is 16.1. The Labute approximate surface area is 119 Å². The lowest BCUT2D eigenvalue weighted by Crippen LogP contribution is -2.27. The number of hydrogen-bond donors (Lipinski definition) is 2. The number of nitrogens with two attached hydrogens (primary N) is 1. The van der Waals surface area contributed by atoms with Crippen molar-refractivity contribution in [2.24, 2.45) is 7.05 Å². The summed E-state index contributed by atoms with van der Waals surface area (Å²) in [6.45, 7) is 2.82. The molecule has 0 aliphatic carbocycles. The van der Waals surface area contributed by atoms with Crippen molar-refractivity contribution in [1.29, 1.82) is 0 Å². The molecule has 20 heavy (non-hydrogen) atoms. The molecule has 106 valence electrons. The van der Waals surface area contributed by atoms with E-state index in [4.69, 9.17) is 5.73 Å². The van der Waals surface area contributed by atoms with Crippen molar-refractivity contribution in [3.8, 4) is 0 Å². The van der Waals surface area contributed by atoms with Crippen LogP contribution in [0.2, 0.25) is 0 Å². The summed E-state index contributed by atoms with van der Waals surface area (Å²) in [5.74, 6) is 0.347. The molecule has 1 heterocycles. The van der Waals surface area contributed by atoms with Gasteiger partial charge in [0, 0.05) is 19.8 Å². The third-order valence-electron chi connectivity index (χ3n) is 3.49. The van der Waals surface area contributed by atoms with Crippen molar-refractivity contribution < 1.29 is 4.79 Å². The van der Waals surface area contributed by atoms with Crippen LogP contribution in [0.5, 0.6) is 0 Å². The van der Waals surface area contributed by atoms with Crippen molar-refractivity contribution in [3.05, 3.63) is 53.9 Å². The fourth-order valence-corrected chi connectivity index (χ4v) is 2.26. The normalized spacial score (nSPS) is 12.1. The number of nitrogens with zero attached hydrogens (tertiary/aromatic N) is 1. The largest absolute Gasteiger partial charge is 0.397 e. The fourth-order valence-electron chi connectivity index (χ4n) is 2.26. The van der Waals surface area contributed by atoms with E-state index in [2.05, 4.69) is 24.4 Å². The molecular formula is C16H21N3O. The van der Waals surface area contributed by atoms with E-state index in [1.54, 1.807) is 16.8 Å². The first-order valence-corrected chi connectivity index (χ1v) is 6.83. The van der Waals surface area contributed by atoms with Crippen LogP contribution < -0.4 is 11.1 Å². The molecule has 1 aromatic carbocycles. The summed E-state index contributed by atoms with van der Waals surface area (Å²) in [5, 5.41) is 2.94. The molecule has 2 rings (SSSR count). The van der Waals surface area contributed by atoms with Crippen LogP contribution >= 0.6 is 0 Å². The number of nitrogens with one attached hydrogen (secondary N) is 1. The van der Waals surface area contributed by atoms with Gasteiger partial charge in [-0.3, -0.25) is 4.79 Å². The fraction of sp³-hybridized carbons (Fsp3) is 0.312. The number of aryl methyl sites for hydroxylation is 1. The van der Waals surface area contributed by atoms with Gasteiger partial charge in [-0.1, -0.05) is 37.3 Å². The van der Waals surface area contributed by atoms with E-state index in [9.17, 15) is 4.79 Å². The van der Waals surface area contributed by atoms with Gasteiger partial charge in [0.2, 0.25) is 0 Å². The first-order chi connectivity index (χ1) is 9.58. The zero-order chi connectivity index (χ0) is 14.5. The lowest BCUT2D eigenvalue weighted by Gasteiger charge is -2.12. The molecule has 4 heteroatoms. The Morgan fingerprint density at radius 1 is 1.35 bits per heavy atom. The van der Waals surface area contributed by atoms with Crippen LogP contribution in [0.3, 0.4) is 0 Å². The van der Waals surface area contributed by atoms with Crippen LogP contribution in [0.1, 0.15) is 35.3 Å². The van der Waals surface area contributed by atoms with Crippen molar-refractivity contribution >= 4 is 11.6 Å². The van der Waals surface area contributed by atoms with Gasteiger partial charge in [-0.15, -0.1) is 0 Å². The molecule has 1 atom stereocenters. The summed E-state index contributed by atoms with van der Waals surface area (Å²) in [4.78, 5) is 12.0. The highest BCUT2D eigenvalue weighted by Gasteiger charge is 2.11. The number of hydrogen-bond acceptors (Lipinski definition) is 2. The quantitative estimate of drug-likeness (QED) is 0.878. The Morgan fingerprint density at radius 2 is 2.05 bits per heavy atom. The average Bonchev–Trinajstić information content (AvgIpc) is 2.78. The van der Waals surface area contributed by atoms with E-state index in [0.717, 1.165) is 6.42 Å². The molecule has 1 amide bonds. The van der Waals surface area contributed by atoms with Crippen molar-refractivity contribution in [1.82, 2.24) is 9.88 Å². The Balaban J connectivity index is 1.84. The number of benzene rings is 1. The number of amides is 1. The second kappa shape index (κ2) is 6.28. The first-order valence-electron chi connectivity index (χ1n) is 6.83. The first kappa shape index (κ1) is 14.2. The molecule has 0 saturated heterocycles. The molecule has 2 aromatic rings. The molecule has 0 saturated carbocycles. The number of rotatable bonds is 5. The average molecular weight is 271 g/mol. The van der Waals surface area contributed by atoms with E-state index in [-0.39, 0.29) is 5.91 Å². The summed E-state index contributed by atoms with van der Waals surface area (Å²) in [6, 6.07) is 12.0. The molecule has 1 aromatic heterocycles. The molecule has 0 spiro atoms. The number of anilines is 1. The Morgan fingerprint density at radius 3 is 2.65 bits per heavy atom. The lowest BCUT2D eigenvalue weighted by molar-refractivity contribution is 0.0944. The molecular weight excluding hydrogens is 250 g/mol. The van der Waals surface area contributed by atoms with Gasteiger partial charge in [-0.2, -0.15) is 0 Å². The maximum atomic E-state index is 12.0. The third-order valence-corrected chi connectivity index (χ3v) is 3.49. The summed E-state index contributed by atoms with van der Waals surface area (Å²) >= 11 is 0. The van der Waals surface area contributed by atoms with Gasteiger partial charge in [0.15, 0.2) is 0 Å². The maximum Gasteiger partial charge on any atom is 0.267 e. The van der Waals surface area contributed by atoms with E-state index in [1.807, 2.05) is 25.2 Å². The monoisotopic (exact) mass is 271 g/mol. The predicted molar refractivity (Wildman–Crippen MR) is 81.6 cm³/mol. The minimum absolute atomic E-state index is 0.0792. The topological polar surface area (TPSA) is 60.1 Å². The minimum Gasteiger partial charge on any atom is -0.397 e. The van der Waals surface area contributed by atoms with Crippen LogP contribution in [0.4, 0.5) is 5.69 Å². The van der Waals surface area contributed by atoms with Crippen molar-refractivity contribution in [2.75, 3.05) is 12.3 Å². The Bertz CT molecular complexity index is 575. The second-order valence-corrected chi connectivity index (χ2v) is 5.13. The summed E-state index contributed by atoms with van der Waals surface area (Å²) < 4.78 is 1.74. The highest BCUT2D eigenvalue weighted by molar-refractivity contribution is 5.93.